The van der Waals surface area contributed by atoms with Crippen LogP contribution in [0.25, 0.3) is 16.7 Å². The molecule has 4 nitrogen and oxygen atoms in total. The van der Waals surface area contributed by atoms with Crippen LogP contribution < -0.4 is 5.56 Å². The summed E-state index contributed by atoms with van der Waals surface area (Å²) in [5.74, 6) is 0. The van der Waals surface area contributed by atoms with Gasteiger partial charge in [-0.1, -0.05) is 17.7 Å². The van der Waals surface area contributed by atoms with Gasteiger partial charge in [0.05, 0.1) is 5.39 Å². The molecule has 0 aliphatic heterocycles. The van der Waals surface area contributed by atoms with Crippen LogP contribution in [0.3, 0.4) is 0 Å². The fraction of sp³-hybridized carbons (Fsp3) is 0. The monoisotopic (exact) mass is 231 g/mol. The Kier molecular flexibility index (Phi) is 1.91. The fourth-order valence-corrected chi connectivity index (χ4v) is 1.88. The first-order valence-corrected chi connectivity index (χ1v) is 5.07. The summed E-state index contributed by atoms with van der Waals surface area (Å²) in [5.41, 5.74) is 0.747. The van der Waals surface area contributed by atoms with Gasteiger partial charge >= 0.3 is 0 Å². The highest BCUT2D eigenvalue weighted by Gasteiger charge is 2.07. The summed E-state index contributed by atoms with van der Waals surface area (Å²) in [4.78, 5) is 20.4. The molecule has 0 aromatic carbocycles. The molecular formula is C11H6ClN3O. The summed E-state index contributed by atoms with van der Waals surface area (Å²) in [6.45, 7) is 0. The maximum absolute atomic E-state index is 12.1. The minimum atomic E-state index is -0.196. The molecule has 0 saturated heterocycles. The van der Waals surface area contributed by atoms with E-state index in [4.69, 9.17) is 11.6 Å². The molecule has 0 N–H and O–H groups in total. The van der Waals surface area contributed by atoms with Gasteiger partial charge in [0.25, 0.3) is 5.56 Å². The van der Waals surface area contributed by atoms with E-state index in [0.717, 1.165) is 0 Å². The van der Waals surface area contributed by atoms with Crippen molar-refractivity contribution >= 4 is 28.3 Å². The molecule has 3 rings (SSSR count). The van der Waals surface area contributed by atoms with Crippen LogP contribution in [-0.2, 0) is 0 Å². The molecule has 3 aromatic heterocycles. The zero-order chi connectivity index (χ0) is 11.1. The molecule has 0 unspecified atom stereocenters. The van der Waals surface area contributed by atoms with Gasteiger partial charge in [0, 0.05) is 6.20 Å². The van der Waals surface area contributed by atoms with Crippen molar-refractivity contribution in [1.82, 2.24) is 14.4 Å². The predicted octanol–water partition coefficient (Wildman–Crippen LogP) is 1.90. The summed E-state index contributed by atoms with van der Waals surface area (Å²) < 4.78 is 1.37. The van der Waals surface area contributed by atoms with Gasteiger partial charge in [-0.2, -0.15) is 0 Å². The minimum absolute atomic E-state index is 0.196. The van der Waals surface area contributed by atoms with Gasteiger partial charge in [-0.25, -0.2) is 14.4 Å². The molecular weight excluding hydrogens is 226 g/mol. The molecule has 0 atom stereocenters. The minimum Gasteiger partial charge on any atom is -0.268 e. The van der Waals surface area contributed by atoms with Crippen molar-refractivity contribution in [2.24, 2.45) is 0 Å². The van der Waals surface area contributed by atoms with Crippen molar-refractivity contribution in [1.29, 1.82) is 0 Å². The molecule has 0 spiro atoms. The number of pyridine rings is 2. The second-order valence-electron chi connectivity index (χ2n) is 3.33. The maximum atomic E-state index is 12.1. The Hall–Kier alpha value is -1.94. The lowest BCUT2D eigenvalue weighted by atomic mass is 10.3. The van der Waals surface area contributed by atoms with E-state index in [1.807, 2.05) is 0 Å². The van der Waals surface area contributed by atoms with Gasteiger partial charge in [0.2, 0.25) is 0 Å². The number of hydrogen-bond donors (Lipinski definition) is 0. The second kappa shape index (κ2) is 3.28. The largest absolute Gasteiger partial charge is 0.268 e. The lowest BCUT2D eigenvalue weighted by molar-refractivity contribution is 1.07. The van der Waals surface area contributed by atoms with Crippen molar-refractivity contribution in [3.8, 4) is 0 Å². The third-order valence-electron chi connectivity index (χ3n) is 2.36. The molecule has 0 radical (unpaired) electrons. The smallest absolute Gasteiger partial charge is 0.268 e. The molecule has 0 aliphatic carbocycles. The Morgan fingerprint density at radius 1 is 1.19 bits per heavy atom. The lowest BCUT2D eigenvalue weighted by Gasteiger charge is -2.03. The van der Waals surface area contributed by atoms with Crippen LogP contribution in [0.15, 0.2) is 41.3 Å². The maximum Gasteiger partial charge on any atom is 0.268 e. The Morgan fingerprint density at radius 3 is 2.94 bits per heavy atom. The molecule has 5 heteroatoms. The molecule has 0 aliphatic rings. The fourth-order valence-electron chi connectivity index (χ4n) is 1.64. The van der Waals surface area contributed by atoms with Crippen LogP contribution in [0.4, 0.5) is 0 Å². The number of hydrogen-bond acceptors (Lipinski definition) is 3. The van der Waals surface area contributed by atoms with Crippen LogP contribution in [0.5, 0.6) is 0 Å². The molecule has 16 heavy (non-hydrogen) atoms. The summed E-state index contributed by atoms with van der Waals surface area (Å²) >= 11 is 5.97. The SMILES string of the molecule is O=c1c2cccnc2nc2cccc(Cl)n12. The van der Waals surface area contributed by atoms with Crippen LogP contribution >= 0.6 is 11.6 Å². The Labute approximate surface area is 95.1 Å². The summed E-state index contributed by atoms with van der Waals surface area (Å²) in [6.07, 6.45) is 1.61. The zero-order valence-corrected chi connectivity index (χ0v) is 8.85. The molecule has 78 valence electrons. The zero-order valence-electron chi connectivity index (χ0n) is 8.09. The van der Waals surface area contributed by atoms with Crippen LogP contribution in [0.1, 0.15) is 0 Å². The van der Waals surface area contributed by atoms with E-state index in [0.29, 0.717) is 21.8 Å². The summed E-state index contributed by atoms with van der Waals surface area (Å²) in [6, 6.07) is 8.52. The van der Waals surface area contributed by atoms with Crippen LogP contribution in [-0.4, -0.2) is 14.4 Å². The van der Waals surface area contributed by atoms with E-state index in [1.54, 1.807) is 36.5 Å². The van der Waals surface area contributed by atoms with Crippen LogP contribution in [0, 0.1) is 0 Å². The topological polar surface area (TPSA) is 47.3 Å². The lowest BCUT2D eigenvalue weighted by Crippen LogP contribution is -2.16. The quantitative estimate of drug-likeness (QED) is 0.439. The highest BCUT2D eigenvalue weighted by Crippen LogP contribution is 2.11. The third kappa shape index (κ3) is 1.20. The number of rotatable bonds is 0. The Balaban J connectivity index is 2.67. The average molecular weight is 232 g/mol. The Bertz CT molecular complexity index is 751. The first-order chi connectivity index (χ1) is 7.77. The van der Waals surface area contributed by atoms with Gasteiger partial charge in [-0.05, 0) is 24.3 Å². The van der Waals surface area contributed by atoms with Crippen molar-refractivity contribution < 1.29 is 0 Å². The van der Waals surface area contributed by atoms with E-state index in [-0.39, 0.29) is 5.56 Å². The van der Waals surface area contributed by atoms with Gasteiger partial charge in [-0.3, -0.25) is 4.79 Å². The average Bonchev–Trinajstić information content (AvgIpc) is 2.29. The number of aromatic nitrogens is 3. The third-order valence-corrected chi connectivity index (χ3v) is 2.66. The number of halogens is 1. The van der Waals surface area contributed by atoms with Crippen molar-refractivity contribution in [3.05, 3.63) is 52.0 Å². The van der Waals surface area contributed by atoms with E-state index in [2.05, 4.69) is 9.97 Å². The van der Waals surface area contributed by atoms with E-state index >= 15 is 0 Å². The standard InChI is InChI=1S/C11H6ClN3O/c12-8-4-1-5-9-14-10-7(3-2-6-13-10)11(16)15(8)9/h1-6H. The molecule has 0 amide bonds. The molecule has 0 saturated carbocycles. The Morgan fingerprint density at radius 2 is 2.06 bits per heavy atom. The van der Waals surface area contributed by atoms with Crippen molar-refractivity contribution in [2.75, 3.05) is 0 Å². The van der Waals surface area contributed by atoms with E-state index < -0.39 is 0 Å². The van der Waals surface area contributed by atoms with E-state index in [9.17, 15) is 4.79 Å². The molecule has 0 fully saturated rings. The van der Waals surface area contributed by atoms with Gasteiger partial charge in [0.15, 0.2) is 5.65 Å². The molecule has 0 bridgehead atoms. The highest BCUT2D eigenvalue weighted by atomic mass is 35.5. The van der Waals surface area contributed by atoms with Gasteiger partial charge in [-0.15, -0.1) is 0 Å². The first kappa shape index (κ1) is 9.30. The van der Waals surface area contributed by atoms with E-state index in [1.165, 1.54) is 4.40 Å². The molecule has 3 aromatic rings. The second-order valence-corrected chi connectivity index (χ2v) is 3.72. The van der Waals surface area contributed by atoms with Gasteiger partial charge < -0.3 is 0 Å². The number of nitrogens with zero attached hydrogens (tertiary/aromatic N) is 3. The van der Waals surface area contributed by atoms with Crippen LogP contribution in [0.2, 0.25) is 5.15 Å². The number of fused-ring (bicyclic) bond motifs is 2. The highest BCUT2D eigenvalue weighted by molar-refractivity contribution is 6.29. The van der Waals surface area contributed by atoms with Crippen molar-refractivity contribution in [3.63, 3.8) is 0 Å². The molecule has 3 heterocycles. The first-order valence-electron chi connectivity index (χ1n) is 4.69. The predicted molar refractivity (Wildman–Crippen MR) is 61.8 cm³/mol. The summed E-state index contributed by atoms with van der Waals surface area (Å²) in [5, 5.41) is 0.814. The van der Waals surface area contributed by atoms with Crippen molar-refractivity contribution in [2.45, 2.75) is 0 Å². The van der Waals surface area contributed by atoms with Gasteiger partial charge in [0.1, 0.15) is 10.8 Å². The summed E-state index contributed by atoms with van der Waals surface area (Å²) in [7, 11) is 0. The normalized spacial score (nSPS) is 11.1.